The third kappa shape index (κ3) is 5.93. The number of allylic oxidation sites excluding steroid dienone is 1. The number of rotatable bonds is 7. The molecule has 1 heterocycles. The molecular formula is C18H17BrClNO5. The van der Waals surface area contributed by atoms with E-state index in [4.69, 9.17) is 25.5 Å². The van der Waals surface area contributed by atoms with Gasteiger partial charge in [-0.05, 0) is 44.2 Å². The lowest BCUT2D eigenvalue weighted by molar-refractivity contribution is -0.137. The Kier molecular flexibility index (Phi) is 7.29. The molecule has 0 aliphatic heterocycles. The van der Waals surface area contributed by atoms with Crippen molar-refractivity contribution in [2.75, 3.05) is 6.61 Å². The van der Waals surface area contributed by atoms with Gasteiger partial charge in [0.05, 0.1) is 11.6 Å². The van der Waals surface area contributed by atoms with E-state index >= 15 is 0 Å². The van der Waals surface area contributed by atoms with Crippen molar-refractivity contribution in [2.24, 2.45) is 0 Å². The van der Waals surface area contributed by atoms with Crippen LogP contribution < -0.4 is 10.1 Å². The molecule has 0 saturated heterocycles. The zero-order valence-electron chi connectivity index (χ0n) is 14.2. The van der Waals surface area contributed by atoms with Gasteiger partial charge in [-0.2, -0.15) is 0 Å². The Morgan fingerprint density at radius 3 is 2.77 bits per heavy atom. The van der Waals surface area contributed by atoms with Gasteiger partial charge in [0.15, 0.2) is 5.76 Å². The summed E-state index contributed by atoms with van der Waals surface area (Å²) in [7, 11) is 0. The molecule has 1 aromatic carbocycles. The fraction of sp³-hybridized carbons (Fsp3) is 0.222. The highest BCUT2D eigenvalue weighted by atomic mass is 79.9. The van der Waals surface area contributed by atoms with Crippen LogP contribution in [-0.4, -0.2) is 18.5 Å². The molecule has 6 nitrogen and oxygen atoms in total. The van der Waals surface area contributed by atoms with Gasteiger partial charge in [0.2, 0.25) is 0 Å². The van der Waals surface area contributed by atoms with Crippen LogP contribution in [0.4, 0.5) is 0 Å². The summed E-state index contributed by atoms with van der Waals surface area (Å²) in [6.07, 6.45) is 1.20. The van der Waals surface area contributed by atoms with Gasteiger partial charge in [0.25, 0.3) is 5.91 Å². The van der Waals surface area contributed by atoms with E-state index in [2.05, 4.69) is 21.2 Å². The molecule has 1 aromatic heterocycles. The van der Waals surface area contributed by atoms with Crippen molar-refractivity contribution in [2.45, 2.75) is 20.5 Å². The van der Waals surface area contributed by atoms with Crippen LogP contribution in [0.1, 0.15) is 30.2 Å². The van der Waals surface area contributed by atoms with Gasteiger partial charge in [-0.3, -0.25) is 4.79 Å². The lowest BCUT2D eigenvalue weighted by Crippen LogP contribution is -2.21. The fourth-order valence-electron chi connectivity index (χ4n) is 1.96. The summed E-state index contributed by atoms with van der Waals surface area (Å²) >= 11 is 9.40. The summed E-state index contributed by atoms with van der Waals surface area (Å²) in [5.41, 5.74) is 0.351. The third-order valence-electron chi connectivity index (χ3n) is 3.08. The number of hydrogen-bond acceptors (Lipinski definition) is 5. The molecule has 0 unspecified atom stereocenters. The zero-order valence-corrected chi connectivity index (χ0v) is 16.5. The second-order valence-corrected chi connectivity index (χ2v) is 6.49. The van der Waals surface area contributed by atoms with Gasteiger partial charge in [0.1, 0.15) is 18.1 Å². The number of nitrogens with one attached hydrogen (secondary N) is 1. The Hall–Kier alpha value is -2.25. The number of benzene rings is 1. The van der Waals surface area contributed by atoms with E-state index in [1.807, 2.05) is 0 Å². The SMILES string of the molecule is CCOC(=O)/C=C(\C)NC(=O)c1ccc(COc2ccc(Br)cc2Cl)o1. The third-order valence-corrected chi connectivity index (χ3v) is 3.87. The van der Waals surface area contributed by atoms with E-state index in [9.17, 15) is 9.59 Å². The molecule has 138 valence electrons. The molecule has 1 N–H and O–H groups in total. The van der Waals surface area contributed by atoms with Crippen molar-refractivity contribution in [3.63, 3.8) is 0 Å². The predicted molar refractivity (Wildman–Crippen MR) is 100 cm³/mol. The molecule has 0 aliphatic carbocycles. The highest BCUT2D eigenvalue weighted by Crippen LogP contribution is 2.28. The summed E-state index contributed by atoms with van der Waals surface area (Å²) < 4.78 is 16.7. The average Bonchev–Trinajstić information content (AvgIpc) is 3.03. The number of furan rings is 1. The minimum Gasteiger partial charge on any atom is -0.484 e. The van der Waals surface area contributed by atoms with E-state index in [0.29, 0.717) is 22.2 Å². The van der Waals surface area contributed by atoms with Gasteiger partial charge >= 0.3 is 5.97 Å². The molecule has 0 spiro atoms. The maximum absolute atomic E-state index is 12.1. The van der Waals surface area contributed by atoms with Gasteiger partial charge < -0.3 is 19.2 Å². The molecule has 0 bridgehead atoms. The number of halogens is 2. The van der Waals surface area contributed by atoms with E-state index in [1.165, 1.54) is 12.1 Å². The monoisotopic (exact) mass is 441 g/mol. The summed E-state index contributed by atoms with van der Waals surface area (Å²) in [5, 5.41) is 3.01. The molecule has 2 aromatic rings. The topological polar surface area (TPSA) is 77.8 Å². The highest BCUT2D eigenvalue weighted by Gasteiger charge is 2.13. The standard InChI is InChI=1S/C18H17BrClNO5/c1-3-24-17(22)8-11(2)21-18(23)16-7-5-13(26-16)10-25-15-6-4-12(19)9-14(15)20/h4-9H,3,10H2,1-2H3,(H,21,23)/b11-8+. The van der Waals surface area contributed by atoms with E-state index < -0.39 is 11.9 Å². The van der Waals surface area contributed by atoms with Gasteiger partial charge in [-0.25, -0.2) is 4.79 Å². The molecule has 2 rings (SSSR count). The molecular weight excluding hydrogens is 426 g/mol. The van der Waals surface area contributed by atoms with Gasteiger partial charge in [-0.15, -0.1) is 0 Å². The zero-order chi connectivity index (χ0) is 19.1. The van der Waals surface area contributed by atoms with Crippen molar-refractivity contribution in [1.82, 2.24) is 5.32 Å². The van der Waals surface area contributed by atoms with Crippen LogP contribution in [0.2, 0.25) is 5.02 Å². The van der Waals surface area contributed by atoms with E-state index in [1.54, 1.807) is 38.1 Å². The Bertz CT molecular complexity index is 831. The normalized spacial score (nSPS) is 11.2. The van der Waals surface area contributed by atoms with Crippen molar-refractivity contribution < 1.29 is 23.5 Å². The summed E-state index contributed by atoms with van der Waals surface area (Å²) in [4.78, 5) is 23.4. The first kappa shape index (κ1) is 20.1. The maximum atomic E-state index is 12.1. The number of amides is 1. The van der Waals surface area contributed by atoms with Crippen LogP contribution in [0.5, 0.6) is 5.75 Å². The van der Waals surface area contributed by atoms with E-state index in [-0.39, 0.29) is 19.0 Å². The number of carbonyl (C=O) groups excluding carboxylic acids is 2. The molecule has 1 amide bonds. The summed E-state index contributed by atoms with van der Waals surface area (Å²) in [6, 6.07) is 8.41. The molecule has 0 fully saturated rings. The first-order chi connectivity index (χ1) is 12.4. The van der Waals surface area contributed by atoms with Gasteiger partial charge in [-0.1, -0.05) is 27.5 Å². The minimum absolute atomic E-state index is 0.0992. The number of ether oxygens (including phenoxy) is 2. The molecule has 26 heavy (non-hydrogen) atoms. The van der Waals surface area contributed by atoms with Crippen molar-refractivity contribution in [3.05, 3.63) is 63.1 Å². The Morgan fingerprint density at radius 2 is 2.08 bits per heavy atom. The summed E-state index contributed by atoms with van der Waals surface area (Å²) in [5.74, 6) is 0.0648. The van der Waals surface area contributed by atoms with Crippen LogP contribution in [-0.2, 0) is 16.1 Å². The first-order valence-corrected chi connectivity index (χ1v) is 8.89. The van der Waals surface area contributed by atoms with Crippen LogP contribution in [0, 0.1) is 0 Å². The average molecular weight is 443 g/mol. The summed E-state index contributed by atoms with van der Waals surface area (Å²) in [6.45, 7) is 3.66. The Morgan fingerprint density at radius 1 is 1.31 bits per heavy atom. The molecule has 0 saturated carbocycles. The number of esters is 1. The maximum Gasteiger partial charge on any atom is 0.332 e. The molecule has 0 atom stereocenters. The molecule has 8 heteroatoms. The Balaban J connectivity index is 1.94. The van der Waals surface area contributed by atoms with Crippen LogP contribution in [0.15, 0.2) is 51.0 Å². The largest absolute Gasteiger partial charge is 0.484 e. The van der Waals surface area contributed by atoms with Crippen molar-refractivity contribution in [3.8, 4) is 5.75 Å². The predicted octanol–water partition coefficient (Wildman–Crippen LogP) is 4.47. The van der Waals surface area contributed by atoms with Crippen molar-refractivity contribution in [1.29, 1.82) is 0 Å². The van der Waals surface area contributed by atoms with Crippen LogP contribution in [0.3, 0.4) is 0 Å². The highest BCUT2D eigenvalue weighted by molar-refractivity contribution is 9.10. The number of carbonyl (C=O) groups is 2. The van der Waals surface area contributed by atoms with Crippen molar-refractivity contribution >= 4 is 39.4 Å². The first-order valence-electron chi connectivity index (χ1n) is 7.72. The lowest BCUT2D eigenvalue weighted by Gasteiger charge is -2.06. The van der Waals surface area contributed by atoms with Gasteiger partial charge in [0, 0.05) is 16.2 Å². The number of hydrogen-bond donors (Lipinski definition) is 1. The fourth-order valence-corrected chi connectivity index (χ4v) is 2.68. The Labute approximate surface area is 164 Å². The smallest absolute Gasteiger partial charge is 0.332 e. The van der Waals surface area contributed by atoms with E-state index in [0.717, 1.165) is 4.47 Å². The quantitative estimate of drug-likeness (QED) is 0.505. The van der Waals surface area contributed by atoms with Crippen LogP contribution >= 0.6 is 27.5 Å². The molecule has 0 radical (unpaired) electrons. The minimum atomic E-state index is -0.523. The van der Waals surface area contributed by atoms with Crippen LogP contribution in [0.25, 0.3) is 0 Å². The second kappa shape index (κ2) is 9.45. The lowest BCUT2D eigenvalue weighted by atomic mass is 10.3. The molecule has 0 aliphatic rings. The second-order valence-electron chi connectivity index (χ2n) is 5.16.